The van der Waals surface area contributed by atoms with Gasteiger partial charge in [0.25, 0.3) is 0 Å². The highest BCUT2D eigenvalue weighted by Gasteiger charge is 2.22. The molecule has 7 nitrogen and oxygen atoms in total. The number of primary sulfonamides is 1. The number of nitrogens with zero attached hydrogens (tertiary/aromatic N) is 3. The number of aryl methyl sites for hydroxylation is 1. The SMILES string of the molecule is Cc1ccnc2nc(CN3CCc4cc(S(N)(=O)=O)ccc43)[nH]c12. The third-order valence-corrected chi connectivity index (χ3v) is 5.27. The van der Waals surface area contributed by atoms with Crippen molar-refractivity contribution in [3.63, 3.8) is 0 Å². The highest BCUT2D eigenvalue weighted by molar-refractivity contribution is 7.89. The number of sulfonamides is 1. The van der Waals surface area contributed by atoms with E-state index in [0.717, 1.165) is 41.1 Å². The Kier molecular flexibility index (Phi) is 3.33. The van der Waals surface area contributed by atoms with Gasteiger partial charge < -0.3 is 9.88 Å². The first-order valence-electron chi connectivity index (χ1n) is 7.63. The smallest absolute Gasteiger partial charge is 0.238 e. The van der Waals surface area contributed by atoms with Crippen LogP contribution in [0.1, 0.15) is 17.0 Å². The number of benzene rings is 1. The van der Waals surface area contributed by atoms with Crippen LogP contribution in [0.3, 0.4) is 0 Å². The summed E-state index contributed by atoms with van der Waals surface area (Å²) in [4.78, 5) is 14.5. The van der Waals surface area contributed by atoms with E-state index in [1.807, 2.05) is 19.1 Å². The maximum absolute atomic E-state index is 11.5. The van der Waals surface area contributed by atoms with E-state index in [-0.39, 0.29) is 4.90 Å². The molecule has 8 heteroatoms. The van der Waals surface area contributed by atoms with Gasteiger partial charge in [-0.05, 0) is 48.7 Å². The van der Waals surface area contributed by atoms with Gasteiger partial charge in [-0.1, -0.05) is 0 Å². The van der Waals surface area contributed by atoms with Crippen molar-refractivity contribution in [1.29, 1.82) is 0 Å². The standard InChI is InChI=1S/C16H17N5O2S/c1-10-4-6-18-16-15(10)19-14(20-16)9-21-7-5-11-8-12(24(17,22)23)2-3-13(11)21/h2-4,6,8H,5,7,9H2,1H3,(H2,17,22,23)(H,18,19,20). The van der Waals surface area contributed by atoms with E-state index in [9.17, 15) is 8.42 Å². The van der Waals surface area contributed by atoms with Crippen LogP contribution >= 0.6 is 0 Å². The van der Waals surface area contributed by atoms with Gasteiger partial charge in [0, 0.05) is 18.4 Å². The highest BCUT2D eigenvalue weighted by atomic mass is 32.2. The molecule has 0 atom stereocenters. The number of nitrogens with one attached hydrogen (secondary N) is 1. The van der Waals surface area contributed by atoms with Crippen LogP contribution in [-0.2, 0) is 23.0 Å². The van der Waals surface area contributed by atoms with E-state index in [2.05, 4.69) is 19.9 Å². The van der Waals surface area contributed by atoms with E-state index in [1.54, 1.807) is 18.3 Å². The van der Waals surface area contributed by atoms with Gasteiger partial charge in [-0.15, -0.1) is 0 Å². The number of aromatic amines is 1. The van der Waals surface area contributed by atoms with Crippen molar-refractivity contribution in [2.75, 3.05) is 11.4 Å². The fraction of sp³-hybridized carbons (Fsp3) is 0.250. The molecule has 1 aromatic carbocycles. The van der Waals surface area contributed by atoms with E-state index < -0.39 is 10.0 Å². The van der Waals surface area contributed by atoms with Crippen LogP contribution in [0.5, 0.6) is 0 Å². The molecular weight excluding hydrogens is 326 g/mol. The van der Waals surface area contributed by atoms with Crippen LogP contribution in [0.25, 0.3) is 11.2 Å². The summed E-state index contributed by atoms with van der Waals surface area (Å²) in [6.07, 6.45) is 2.54. The lowest BCUT2D eigenvalue weighted by Crippen LogP contribution is -2.20. The molecule has 3 heterocycles. The number of pyridine rings is 1. The summed E-state index contributed by atoms with van der Waals surface area (Å²) >= 11 is 0. The minimum Gasteiger partial charge on any atom is -0.364 e. The van der Waals surface area contributed by atoms with E-state index >= 15 is 0 Å². The van der Waals surface area contributed by atoms with Gasteiger partial charge in [0.2, 0.25) is 10.0 Å². The van der Waals surface area contributed by atoms with Gasteiger partial charge in [0.05, 0.1) is 17.0 Å². The zero-order chi connectivity index (χ0) is 16.9. The maximum Gasteiger partial charge on any atom is 0.238 e. The monoisotopic (exact) mass is 343 g/mol. The maximum atomic E-state index is 11.5. The van der Waals surface area contributed by atoms with Gasteiger partial charge in [0.15, 0.2) is 5.65 Å². The molecule has 0 saturated carbocycles. The third kappa shape index (κ3) is 2.53. The largest absolute Gasteiger partial charge is 0.364 e. The van der Waals surface area contributed by atoms with Gasteiger partial charge in [-0.2, -0.15) is 0 Å². The Bertz CT molecular complexity index is 1040. The summed E-state index contributed by atoms with van der Waals surface area (Å²) in [6.45, 7) is 3.45. The van der Waals surface area contributed by atoms with Crippen molar-refractivity contribution in [1.82, 2.24) is 15.0 Å². The molecule has 2 aromatic heterocycles. The molecule has 3 N–H and O–H groups in total. The Morgan fingerprint density at radius 2 is 2.17 bits per heavy atom. The Balaban J connectivity index is 1.64. The molecule has 124 valence electrons. The number of rotatable bonds is 3. The summed E-state index contributed by atoms with van der Waals surface area (Å²) in [6, 6.07) is 6.98. The lowest BCUT2D eigenvalue weighted by atomic mass is 10.2. The van der Waals surface area contributed by atoms with Gasteiger partial charge >= 0.3 is 0 Å². The minimum absolute atomic E-state index is 0.159. The summed E-state index contributed by atoms with van der Waals surface area (Å²) in [7, 11) is -3.67. The van der Waals surface area contributed by atoms with Gasteiger partial charge in [-0.3, -0.25) is 0 Å². The molecule has 0 bridgehead atoms. The van der Waals surface area contributed by atoms with Gasteiger partial charge in [-0.25, -0.2) is 23.5 Å². The molecule has 0 aliphatic carbocycles. The Hall–Kier alpha value is -2.45. The number of fused-ring (bicyclic) bond motifs is 2. The van der Waals surface area contributed by atoms with Crippen molar-refractivity contribution >= 4 is 26.9 Å². The summed E-state index contributed by atoms with van der Waals surface area (Å²) in [5.41, 5.74) is 4.79. The highest BCUT2D eigenvalue weighted by Crippen LogP contribution is 2.31. The molecule has 0 saturated heterocycles. The molecule has 0 spiro atoms. The van der Waals surface area contributed by atoms with Crippen molar-refractivity contribution in [2.24, 2.45) is 5.14 Å². The molecule has 0 unspecified atom stereocenters. The van der Waals surface area contributed by atoms with Crippen molar-refractivity contribution in [2.45, 2.75) is 24.8 Å². The first-order chi connectivity index (χ1) is 11.4. The van der Waals surface area contributed by atoms with Crippen LogP contribution in [0.4, 0.5) is 5.69 Å². The number of H-pyrrole nitrogens is 1. The van der Waals surface area contributed by atoms with Gasteiger partial charge in [0.1, 0.15) is 5.82 Å². The normalized spacial score (nSPS) is 14.3. The fourth-order valence-electron chi connectivity index (χ4n) is 3.13. The predicted molar refractivity (Wildman–Crippen MR) is 91.2 cm³/mol. The average molecular weight is 343 g/mol. The predicted octanol–water partition coefficient (Wildman–Crippen LogP) is 1.48. The van der Waals surface area contributed by atoms with Crippen LogP contribution < -0.4 is 10.0 Å². The fourth-order valence-corrected chi connectivity index (χ4v) is 3.69. The van der Waals surface area contributed by atoms with Crippen LogP contribution in [0.2, 0.25) is 0 Å². The first kappa shape index (κ1) is 15.1. The molecule has 0 radical (unpaired) electrons. The average Bonchev–Trinajstić information content (AvgIpc) is 3.11. The van der Waals surface area contributed by atoms with Crippen LogP contribution in [0, 0.1) is 6.92 Å². The Labute approximate surface area is 139 Å². The number of imidazole rings is 1. The number of anilines is 1. The Morgan fingerprint density at radius 1 is 1.33 bits per heavy atom. The first-order valence-corrected chi connectivity index (χ1v) is 9.17. The second kappa shape index (κ2) is 5.29. The third-order valence-electron chi connectivity index (χ3n) is 4.36. The van der Waals surface area contributed by atoms with Crippen molar-refractivity contribution < 1.29 is 8.42 Å². The van der Waals surface area contributed by atoms with E-state index in [1.165, 1.54) is 0 Å². The summed E-state index contributed by atoms with van der Waals surface area (Å²) in [5.74, 6) is 0.843. The quantitative estimate of drug-likeness (QED) is 0.749. The molecule has 24 heavy (non-hydrogen) atoms. The molecule has 0 amide bonds. The van der Waals surface area contributed by atoms with E-state index in [0.29, 0.717) is 12.2 Å². The number of aromatic nitrogens is 3. The lowest BCUT2D eigenvalue weighted by molar-refractivity contribution is 0.597. The molecule has 0 fully saturated rings. The van der Waals surface area contributed by atoms with Crippen LogP contribution in [0.15, 0.2) is 35.4 Å². The lowest BCUT2D eigenvalue weighted by Gasteiger charge is -2.18. The van der Waals surface area contributed by atoms with Crippen molar-refractivity contribution in [3.8, 4) is 0 Å². The van der Waals surface area contributed by atoms with E-state index in [4.69, 9.17) is 5.14 Å². The summed E-state index contributed by atoms with van der Waals surface area (Å²) < 4.78 is 23.0. The molecular formula is C16H17N5O2S. The molecule has 1 aliphatic heterocycles. The number of nitrogens with two attached hydrogens (primary N) is 1. The molecule has 1 aliphatic rings. The Morgan fingerprint density at radius 3 is 2.92 bits per heavy atom. The van der Waals surface area contributed by atoms with Crippen molar-refractivity contribution in [3.05, 3.63) is 47.4 Å². The van der Waals surface area contributed by atoms with Crippen LogP contribution in [-0.4, -0.2) is 29.9 Å². The number of hydrogen-bond acceptors (Lipinski definition) is 5. The zero-order valence-corrected chi connectivity index (χ0v) is 14.0. The topological polar surface area (TPSA) is 105 Å². The second-order valence-electron chi connectivity index (χ2n) is 6.02. The molecule has 3 aromatic rings. The molecule has 4 rings (SSSR count). The number of hydrogen-bond donors (Lipinski definition) is 2. The second-order valence-corrected chi connectivity index (χ2v) is 7.58. The zero-order valence-electron chi connectivity index (χ0n) is 13.2. The summed E-state index contributed by atoms with van der Waals surface area (Å²) in [5, 5.41) is 5.20. The minimum atomic E-state index is -3.67.